The molecule has 1 aromatic rings. The van der Waals surface area contributed by atoms with Crippen LogP contribution in [-0.4, -0.2) is 44.9 Å². The minimum absolute atomic E-state index is 0.0759. The Kier molecular flexibility index (Phi) is 5.45. The normalized spacial score (nSPS) is 11.9. The fourth-order valence-electron chi connectivity index (χ4n) is 1.31. The lowest BCUT2D eigenvalue weighted by Gasteiger charge is -2.14. The van der Waals surface area contributed by atoms with E-state index in [0.29, 0.717) is 17.1 Å². The van der Waals surface area contributed by atoms with Gasteiger partial charge in [0.05, 0.1) is 13.7 Å². The molecule has 1 rings (SSSR count). The number of hydrogen-bond acceptors (Lipinski definition) is 5. The van der Waals surface area contributed by atoms with Crippen molar-refractivity contribution in [3.8, 4) is 11.5 Å². The van der Waals surface area contributed by atoms with E-state index in [1.807, 2.05) is 0 Å². The fourth-order valence-corrected chi connectivity index (χ4v) is 1.31. The first-order valence-electron chi connectivity index (χ1n) is 5.14. The summed E-state index contributed by atoms with van der Waals surface area (Å²) < 4.78 is 15.2. The Balaban J connectivity index is 2.70. The number of hydrogen-bond donors (Lipinski definition) is 1. The quantitative estimate of drug-likeness (QED) is 0.717. The zero-order valence-electron chi connectivity index (χ0n) is 9.88. The molecule has 1 N–H and O–H groups in total. The number of carbonyl (C=O) groups is 1. The van der Waals surface area contributed by atoms with Gasteiger partial charge in [-0.3, -0.25) is 4.79 Å². The molecule has 0 fully saturated rings. The smallest absolute Gasteiger partial charge is 0.162 e. The maximum atomic E-state index is 10.6. The van der Waals surface area contributed by atoms with E-state index in [0.717, 1.165) is 6.29 Å². The minimum Gasteiger partial charge on any atom is -0.493 e. The average Bonchev–Trinajstić information content (AvgIpc) is 2.36. The zero-order chi connectivity index (χ0) is 12.7. The fraction of sp³-hybridized carbons (Fsp3) is 0.417. The number of ether oxygens (including phenoxy) is 3. The van der Waals surface area contributed by atoms with Crippen molar-refractivity contribution in [2.24, 2.45) is 0 Å². The van der Waals surface area contributed by atoms with Gasteiger partial charge in [0.25, 0.3) is 0 Å². The number of carbonyl (C=O) groups excluding carboxylic acids is 1. The van der Waals surface area contributed by atoms with Crippen LogP contribution in [0, 0.1) is 0 Å². The van der Waals surface area contributed by atoms with E-state index in [9.17, 15) is 9.90 Å². The van der Waals surface area contributed by atoms with Crippen molar-refractivity contribution in [1.82, 2.24) is 0 Å². The highest BCUT2D eigenvalue weighted by Gasteiger charge is 2.09. The molecule has 0 aliphatic rings. The highest BCUT2D eigenvalue weighted by Crippen LogP contribution is 2.27. The van der Waals surface area contributed by atoms with Crippen LogP contribution in [0.3, 0.4) is 0 Å². The van der Waals surface area contributed by atoms with E-state index in [1.54, 1.807) is 18.2 Å². The highest BCUT2D eigenvalue weighted by molar-refractivity contribution is 5.76. The van der Waals surface area contributed by atoms with E-state index in [4.69, 9.17) is 14.2 Å². The first-order chi connectivity index (χ1) is 8.21. The Hall–Kier alpha value is -1.59. The summed E-state index contributed by atoms with van der Waals surface area (Å²) in [4.78, 5) is 10.6. The third kappa shape index (κ3) is 4.05. The molecular weight excluding hydrogens is 224 g/mol. The van der Waals surface area contributed by atoms with Gasteiger partial charge < -0.3 is 19.3 Å². The van der Waals surface area contributed by atoms with Gasteiger partial charge in [-0.05, 0) is 18.2 Å². The maximum absolute atomic E-state index is 10.6. The lowest BCUT2D eigenvalue weighted by Crippen LogP contribution is -2.22. The molecule has 0 heterocycles. The van der Waals surface area contributed by atoms with Crippen molar-refractivity contribution >= 4 is 6.29 Å². The molecule has 0 amide bonds. The van der Waals surface area contributed by atoms with Crippen molar-refractivity contribution in [3.05, 3.63) is 23.8 Å². The molecule has 0 aliphatic carbocycles. The zero-order valence-corrected chi connectivity index (χ0v) is 9.88. The number of methoxy groups -OCH3 is 2. The van der Waals surface area contributed by atoms with Crippen LogP contribution in [0.1, 0.15) is 10.4 Å². The summed E-state index contributed by atoms with van der Waals surface area (Å²) in [7, 11) is 3.01. The van der Waals surface area contributed by atoms with Gasteiger partial charge in [-0.2, -0.15) is 0 Å². The summed E-state index contributed by atoms with van der Waals surface area (Å²) in [5.74, 6) is 0.937. The highest BCUT2D eigenvalue weighted by atomic mass is 16.5. The average molecular weight is 240 g/mol. The van der Waals surface area contributed by atoms with Gasteiger partial charge in [-0.15, -0.1) is 0 Å². The summed E-state index contributed by atoms with van der Waals surface area (Å²) >= 11 is 0. The maximum Gasteiger partial charge on any atom is 0.162 e. The lowest BCUT2D eigenvalue weighted by atomic mass is 10.2. The molecule has 5 heteroatoms. The third-order valence-corrected chi connectivity index (χ3v) is 2.11. The Morgan fingerprint density at radius 2 is 2.06 bits per heavy atom. The number of rotatable bonds is 7. The molecule has 1 aromatic carbocycles. The standard InChI is InChI=1S/C12H16O5/c1-15-7-10(14)8-17-12-5-9(6-13)3-4-11(12)16-2/h3-6,10,14H,7-8H2,1-2H3. The Bertz CT molecular complexity index is 364. The number of aliphatic hydroxyl groups excluding tert-OH is 1. The van der Waals surface area contributed by atoms with E-state index in [-0.39, 0.29) is 13.2 Å². The van der Waals surface area contributed by atoms with Crippen molar-refractivity contribution in [3.63, 3.8) is 0 Å². The first-order valence-corrected chi connectivity index (χ1v) is 5.14. The molecule has 94 valence electrons. The Labute approximate surface area is 99.9 Å². The molecular formula is C12H16O5. The second-order valence-corrected chi connectivity index (χ2v) is 3.45. The molecule has 1 unspecified atom stereocenters. The predicted octanol–water partition coefficient (Wildman–Crippen LogP) is 0.894. The molecule has 0 radical (unpaired) electrons. The molecule has 0 aromatic heterocycles. The van der Waals surface area contributed by atoms with Crippen LogP contribution in [0.15, 0.2) is 18.2 Å². The van der Waals surface area contributed by atoms with Crippen molar-refractivity contribution in [2.45, 2.75) is 6.10 Å². The summed E-state index contributed by atoms with van der Waals surface area (Å²) in [6.07, 6.45) is 0.00215. The molecule has 0 saturated carbocycles. The largest absolute Gasteiger partial charge is 0.493 e. The summed E-state index contributed by atoms with van der Waals surface area (Å²) in [5.41, 5.74) is 0.488. The summed E-state index contributed by atoms with van der Waals surface area (Å²) in [5, 5.41) is 9.44. The van der Waals surface area contributed by atoms with Crippen molar-refractivity contribution < 1.29 is 24.1 Å². The Morgan fingerprint density at radius 1 is 1.29 bits per heavy atom. The Morgan fingerprint density at radius 3 is 2.65 bits per heavy atom. The number of benzene rings is 1. The topological polar surface area (TPSA) is 65.0 Å². The van der Waals surface area contributed by atoms with Crippen LogP contribution < -0.4 is 9.47 Å². The number of aliphatic hydroxyl groups is 1. The third-order valence-electron chi connectivity index (χ3n) is 2.11. The van der Waals surface area contributed by atoms with Gasteiger partial charge in [-0.1, -0.05) is 0 Å². The van der Waals surface area contributed by atoms with E-state index >= 15 is 0 Å². The molecule has 0 bridgehead atoms. The van der Waals surface area contributed by atoms with Gasteiger partial charge in [0.15, 0.2) is 11.5 Å². The molecule has 0 aliphatic heterocycles. The van der Waals surface area contributed by atoms with Crippen LogP contribution in [0.5, 0.6) is 11.5 Å². The molecule has 1 atom stereocenters. The van der Waals surface area contributed by atoms with Crippen LogP contribution in [0.25, 0.3) is 0 Å². The van der Waals surface area contributed by atoms with Gasteiger partial charge >= 0.3 is 0 Å². The first kappa shape index (κ1) is 13.5. The minimum atomic E-state index is -0.718. The van der Waals surface area contributed by atoms with E-state index in [2.05, 4.69) is 0 Å². The molecule has 5 nitrogen and oxygen atoms in total. The summed E-state index contributed by atoms with van der Waals surface area (Å²) in [6.45, 7) is 0.266. The van der Waals surface area contributed by atoms with Crippen LogP contribution in [0.2, 0.25) is 0 Å². The second kappa shape index (κ2) is 6.88. The van der Waals surface area contributed by atoms with Gasteiger partial charge in [0.1, 0.15) is 19.0 Å². The van der Waals surface area contributed by atoms with Gasteiger partial charge in [0, 0.05) is 12.7 Å². The lowest BCUT2D eigenvalue weighted by molar-refractivity contribution is 0.0319. The van der Waals surface area contributed by atoms with Crippen molar-refractivity contribution in [2.75, 3.05) is 27.4 Å². The monoisotopic (exact) mass is 240 g/mol. The predicted molar refractivity (Wildman–Crippen MR) is 61.8 cm³/mol. The second-order valence-electron chi connectivity index (χ2n) is 3.45. The molecule has 17 heavy (non-hydrogen) atoms. The number of aldehydes is 1. The van der Waals surface area contributed by atoms with E-state index < -0.39 is 6.10 Å². The SMILES string of the molecule is COCC(O)COc1cc(C=O)ccc1OC. The van der Waals surface area contributed by atoms with Crippen LogP contribution in [0.4, 0.5) is 0 Å². The van der Waals surface area contributed by atoms with Crippen LogP contribution in [-0.2, 0) is 4.74 Å². The summed E-state index contributed by atoms with van der Waals surface area (Å²) in [6, 6.07) is 4.83. The van der Waals surface area contributed by atoms with E-state index in [1.165, 1.54) is 14.2 Å². The molecule has 0 spiro atoms. The molecule has 0 saturated heterocycles. The van der Waals surface area contributed by atoms with Crippen molar-refractivity contribution in [1.29, 1.82) is 0 Å². The van der Waals surface area contributed by atoms with Crippen LogP contribution >= 0.6 is 0 Å². The van der Waals surface area contributed by atoms with Gasteiger partial charge in [-0.25, -0.2) is 0 Å². The van der Waals surface area contributed by atoms with Gasteiger partial charge in [0.2, 0.25) is 0 Å².